The molecule has 0 atom stereocenters. The lowest BCUT2D eigenvalue weighted by Crippen LogP contribution is -1.95. The van der Waals surface area contributed by atoms with Crippen molar-refractivity contribution in [1.29, 1.82) is 0 Å². The lowest BCUT2D eigenvalue weighted by atomic mass is 10.1. The summed E-state index contributed by atoms with van der Waals surface area (Å²) in [5.74, 6) is 0. The highest BCUT2D eigenvalue weighted by Crippen LogP contribution is 2.20. The molecule has 1 aliphatic rings. The summed E-state index contributed by atoms with van der Waals surface area (Å²) in [6, 6.07) is 8.19. The van der Waals surface area contributed by atoms with Gasteiger partial charge in [0.1, 0.15) is 6.61 Å². The van der Waals surface area contributed by atoms with E-state index < -0.39 is 0 Å². The molecule has 0 bridgehead atoms. The first-order chi connectivity index (χ1) is 5.47. The number of benzene rings is 1. The van der Waals surface area contributed by atoms with Crippen molar-refractivity contribution in [3.05, 3.63) is 36.4 Å². The Kier molecular flexibility index (Phi) is 1.78. The van der Waals surface area contributed by atoms with Crippen LogP contribution in [0.25, 0.3) is 0 Å². The quantitative estimate of drug-likeness (QED) is 0.608. The van der Waals surface area contributed by atoms with Crippen molar-refractivity contribution in [2.24, 2.45) is 0 Å². The van der Waals surface area contributed by atoms with Gasteiger partial charge in [-0.25, -0.2) is 0 Å². The molecule has 1 aliphatic heterocycles. The Morgan fingerprint density at radius 2 is 2.18 bits per heavy atom. The minimum absolute atomic E-state index is 0.976. The minimum Gasteiger partial charge on any atom is -0.270 e. The highest BCUT2D eigenvalue weighted by atomic mass is 16.6. The van der Waals surface area contributed by atoms with Gasteiger partial charge in [0.05, 0.1) is 5.69 Å². The predicted octanol–water partition coefficient (Wildman–Crippen LogP) is 2.14. The van der Waals surface area contributed by atoms with Crippen molar-refractivity contribution in [2.75, 3.05) is 5.48 Å². The number of hydrogen-bond acceptors (Lipinski definition) is 2. The second-order valence-corrected chi connectivity index (χ2v) is 2.58. The smallest absolute Gasteiger partial charge is 0.114 e. The zero-order valence-corrected chi connectivity index (χ0v) is 6.21. The summed E-state index contributed by atoms with van der Waals surface area (Å²) in [7, 11) is 0. The van der Waals surface area contributed by atoms with Crippen molar-refractivity contribution in [1.82, 2.24) is 0 Å². The topological polar surface area (TPSA) is 21.3 Å². The van der Waals surface area contributed by atoms with Crippen molar-refractivity contribution < 1.29 is 4.84 Å². The summed E-state index contributed by atoms with van der Waals surface area (Å²) in [5, 5.41) is 0. The third-order valence-electron chi connectivity index (χ3n) is 1.80. The Bertz CT molecular complexity index is 222. The lowest BCUT2D eigenvalue weighted by molar-refractivity contribution is 0.265. The molecule has 1 aromatic carbocycles. The number of anilines is 1. The number of fused-ring (bicyclic) bond motifs is 1. The number of para-hydroxylation sites is 1. The maximum atomic E-state index is 5.05. The molecule has 0 aliphatic carbocycles. The predicted molar refractivity (Wildman–Crippen MR) is 43.8 cm³/mol. The Morgan fingerprint density at radius 3 is 3.18 bits per heavy atom. The molecule has 1 N–H and O–H groups in total. The zero-order chi connectivity index (χ0) is 7.52. The summed E-state index contributed by atoms with van der Waals surface area (Å²) in [4.78, 5) is 5.05. The first-order valence-corrected chi connectivity index (χ1v) is 3.78. The van der Waals surface area contributed by atoms with E-state index >= 15 is 0 Å². The lowest BCUT2D eigenvalue weighted by Gasteiger charge is -2.04. The number of aryl methyl sites for hydroxylation is 1. The van der Waals surface area contributed by atoms with Crippen LogP contribution in [0.1, 0.15) is 12.0 Å². The summed E-state index contributed by atoms with van der Waals surface area (Å²) < 4.78 is 0. The van der Waals surface area contributed by atoms with Crippen LogP contribution in [0.4, 0.5) is 5.69 Å². The maximum absolute atomic E-state index is 5.05. The van der Waals surface area contributed by atoms with Gasteiger partial charge in [-0.15, -0.1) is 0 Å². The molecular weight excluding hydrogens is 138 g/mol. The Morgan fingerprint density at radius 1 is 1.27 bits per heavy atom. The molecule has 1 aromatic rings. The molecule has 2 heteroatoms. The van der Waals surface area contributed by atoms with Crippen molar-refractivity contribution in [2.45, 2.75) is 12.8 Å². The SMILES string of the molecule is [CH]1CCc2ccccc2NO1. The molecule has 11 heavy (non-hydrogen) atoms. The fraction of sp³-hybridized carbons (Fsp3) is 0.222. The number of hydrogen-bond donors (Lipinski definition) is 1. The van der Waals surface area contributed by atoms with Gasteiger partial charge in [-0.05, 0) is 24.5 Å². The molecule has 0 saturated heterocycles. The second-order valence-electron chi connectivity index (χ2n) is 2.58. The third kappa shape index (κ3) is 1.35. The standard InChI is InChI=1S/C9H10NO/c1-2-6-9-8(4-1)5-3-7-11-10-9/h1-2,4,6-7,10H,3,5H2. The largest absolute Gasteiger partial charge is 0.270 e. The van der Waals surface area contributed by atoms with Crippen LogP contribution in [0.5, 0.6) is 0 Å². The normalized spacial score (nSPS) is 16.4. The van der Waals surface area contributed by atoms with Gasteiger partial charge in [-0.3, -0.25) is 10.3 Å². The van der Waals surface area contributed by atoms with Gasteiger partial charge in [0, 0.05) is 0 Å². The molecule has 0 saturated carbocycles. The van der Waals surface area contributed by atoms with E-state index in [1.165, 1.54) is 5.56 Å². The summed E-state index contributed by atoms with van der Waals surface area (Å²) in [6.45, 7) is 1.79. The van der Waals surface area contributed by atoms with E-state index in [9.17, 15) is 0 Å². The van der Waals surface area contributed by atoms with Crippen LogP contribution in [-0.4, -0.2) is 0 Å². The van der Waals surface area contributed by atoms with Gasteiger partial charge < -0.3 is 0 Å². The van der Waals surface area contributed by atoms with Crippen molar-refractivity contribution in [3.63, 3.8) is 0 Å². The molecule has 0 spiro atoms. The molecule has 2 nitrogen and oxygen atoms in total. The van der Waals surface area contributed by atoms with E-state index in [0.717, 1.165) is 18.5 Å². The first kappa shape index (κ1) is 6.68. The summed E-state index contributed by atoms with van der Waals surface area (Å²) in [6.07, 6.45) is 2.03. The fourth-order valence-corrected chi connectivity index (χ4v) is 1.22. The molecule has 57 valence electrons. The van der Waals surface area contributed by atoms with E-state index in [2.05, 4.69) is 11.5 Å². The van der Waals surface area contributed by atoms with Crippen LogP contribution < -0.4 is 5.48 Å². The van der Waals surface area contributed by atoms with Crippen LogP contribution in [0.15, 0.2) is 24.3 Å². The highest BCUT2D eigenvalue weighted by Gasteiger charge is 2.05. The second kappa shape index (κ2) is 2.93. The zero-order valence-electron chi connectivity index (χ0n) is 6.21. The first-order valence-electron chi connectivity index (χ1n) is 3.78. The van der Waals surface area contributed by atoms with E-state index in [1.54, 1.807) is 6.61 Å². The third-order valence-corrected chi connectivity index (χ3v) is 1.80. The Hall–Kier alpha value is -1.02. The van der Waals surface area contributed by atoms with E-state index in [4.69, 9.17) is 4.84 Å². The average molecular weight is 148 g/mol. The molecular formula is C9H10NO. The highest BCUT2D eigenvalue weighted by molar-refractivity contribution is 5.49. The molecule has 0 amide bonds. The van der Waals surface area contributed by atoms with E-state index in [1.807, 2.05) is 18.2 Å². The van der Waals surface area contributed by atoms with E-state index in [-0.39, 0.29) is 0 Å². The molecule has 2 rings (SSSR count). The number of rotatable bonds is 0. The molecule has 1 heterocycles. The molecule has 0 unspecified atom stereocenters. The molecule has 0 aromatic heterocycles. The summed E-state index contributed by atoms with van der Waals surface area (Å²) in [5.41, 5.74) is 5.27. The molecule has 1 radical (unpaired) electrons. The average Bonchev–Trinajstić information content (AvgIpc) is 2.28. The minimum atomic E-state index is 0.976. The Balaban J connectivity index is 2.33. The van der Waals surface area contributed by atoms with Gasteiger partial charge in [0.2, 0.25) is 0 Å². The van der Waals surface area contributed by atoms with Crippen LogP contribution >= 0.6 is 0 Å². The molecule has 0 fully saturated rings. The van der Waals surface area contributed by atoms with Crippen LogP contribution in [0, 0.1) is 6.61 Å². The van der Waals surface area contributed by atoms with Gasteiger partial charge in [-0.1, -0.05) is 18.2 Å². The van der Waals surface area contributed by atoms with Gasteiger partial charge in [0.25, 0.3) is 0 Å². The van der Waals surface area contributed by atoms with Crippen LogP contribution in [-0.2, 0) is 11.3 Å². The summed E-state index contributed by atoms with van der Waals surface area (Å²) >= 11 is 0. The monoisotopic (exact) mass is 148 g/mol. The van der Waals surface area contributed by atoms with Gasteiger partial charge in [-0.2, -0.15) is 0 Å². The Labute approximate surface area is 66.1 Å². The van der Waals surface area contributed by atoms with Crippen molar-refractivity contribution >= 4 is 5.69 Å². The van der Waals surface area contributed by atoms with Gasteiger partial charge in [0.15, 0.2) is 0 Å². The number of nitrogens with one attached hydrogen (secondary N) is 1. The van der Waals surface area contributed by atoms with Crippen LogP contribution in [0.3, 0.4) is 0 Å². The van der Waals surface area contributed by atoms with Gasteiger partial charge >= 0.3 is 0 Å². The maximum Gasteiger partial charge on any atom is 0.114 e. The van der Waals surface area contributed by atoms with Crippen LogP contribution in [0.2, 0.25) is 0 Å². The van der Waals surface area contributed by atoms with Crippen molar-refractivity contribution in [3.8, 4) is 0 Å². The fourth-order valence-electron chi connectivity index (χ4n) is 1.22. The van der Waals surface area contributed by atoms with E-state index in [0.29, 0.717) is 0 Å².